The highest BCUT2D eigenvalue weighted by molar-refractivity contribution is 5.80. The van der Waals surface area contributed by atoms with Crippen LogP contribution in [-0.4, -0.2) is 43.1 Å². The number of nitrogens with zero attached hydrogens (tertiary/aromatic N) is 4. The van der Waals surface area contributed by atoms with Gasteiger partial charge in [-0.1, -0.05) is 12.1 Å². The van der Waals surface area contributed by atoms with Gasteiger partial charge in [0, 0.05) is 37.1 Å². The lowest BCUT2D eigenvalue weighted by atomic mass is 10.1. The number of rotatable bonds is 5. The van der Waals surface area contributed by atoms with Crippen molar-refractivity contribution in [1.82, 2.24) is 24.6 Å². The number of pyridine rings is 1. The topological polar surface area (TPSA) is 66.8 Å². The van der Waals surface area contributed by atoms with Crippen LogP contribution < -0.4 is 0 Å². The second-order valence-corrected chi connectivity index (χ2v) is 8.36. The monoisotopic (exact) mass is 417 g/mol. The van der Waals surface area contributed by atoms with Crippen LogP contribution in [0.15, 0.2) is 61.1 Å². The van der Waals surface area contributed by atoms with Crippen molar-refractivity contribution >= 4 is 16.9 Å². The van der Waals surface area contributed by atoms with Crippen LogP contribution >= 0.6 is 0 Å². The summed E-state index contributed by atoms with van der Waals surface area (Å²) >= 11 is 0. The summed E-state index contributed by atoms with van der Waals surface area (Å²) in [6.07, 6.45) is 6.86. The van der Waals surface area contributed by atoms with E-state index in [1.54, 1.807) is 18.3 Å². The molecule has 1 aliphatic rings. The van der Waals surface area contributed by atoms with Crippen molar-refractivity contribution in [1.29, 1.82) is 0 Å². The van der Waals surface area contributed by atoms with Crippen LogP contribution in [-0.2, 0) is 17.8 Å². The molecule has 1 aliphatic heterocycles. The molecule has 31 heavy (non-hydrogen) atoms. The van der Waals surface area contributed by atoms with Crippen molar-refractivity contribution in [3.05, 3.63) is 72.4 Å². The van der Waals surface area contributed by atoms with E-state index < -0.39 is 0 Å². The van der Waals surface area contributed by atoms with Crippen LogP contribution in [0.3, 0.4) is 0 Å². The smallest absolute Gasteiger partial charge is 0.227 e. The van der Waals surface area contributed by atoms with Crippen molar-refractivity contribution in [2.45, 2.75) is 32.4 Å². The van der Waals surface area contributed by atoms with E-state index >= 15 is 0 Å². The highest BCUT2D eigenvalue weighted by Gasteiger charge is 2.32. The fourth-order valence-corrected chi connectivity index (χ4v) is 4.61. The fourth-order valence-electron chi connectivity index (χ4n) is 4.61. The standard InChI is InChI=1S/C24H24FN5O/c1-16-9-18(15-30(16)24(31)11-17-3-2-4-20(25)10-17)14-29-8-7-22-23(29)6-5-21(28-22)19-12-26-27-13-19/h2-8,10,12-13,16,18H,9,11,14-15H2,1H3,(H,26,27)/t16-,18?/m0/s1. The van der Waals surface area contributed by atoms with Gasteiger partial charge >= 0.3 is 0 Å². The number of benzene rings is 1. The zero-order chi connectivity index (χ0) is 21.4. The summed E-state index contributed by atoms with van der Waals surface area (Å²) in [6.45, 7) is 3.65. The van der Waals surface area contributed by atoms with Crippen LogP contribution in [0.4, 0.5) is 4.39 Å². The number of amides is 1. The van der Waals surface area contributed by atoms with Crippen molar-refractivity contribution < 1.29 is 9.18 Å². The Morgan fingerprint density at radius 1 is 1.26 bits per heavy atom. The van der Waals surface area contributed by atoms with Crippen LogP contribution in [0, 0.1) is 11.7 Å². The Morgan fingerprint density at radius 3 is 2.97 bits per heavy atom. The Labute approximate surface area is 179 Å². The fraction of sp³-hybridized carbons (Fsp3) is 0.292. The van der Waals surface area contributed by atoms with Crippen LogP contribution in [0.2, 0.25) is 0 Å². The number of hydrogen-bond acceptors (Lipinski definition) is 3. The number of carbonyl (C=O) groups is 1. The molecule has 0 bridgehead atoms. The summed E-state index contributed by atoms with van der Waals surface area (Å²) in [5.41, 5.74) is 4.61. The Kier molecular flexibility index (Phi) is 5.02. The number of aromatic amines is 1. The van der Waals surface area contributed by atoms with Crippen molar-refractivity contribution in [3.8, 4) is 11.3 Å². The summed E-state index contributed by atoms with van der Waals surface area (Å²) < 4.78 is 15.7. The molecule has 0 aliphatic carbocycles. The minimum atomic E-state index is -0.304. The lowest BCUT2D eigenvalue weighted by Crippen LogP contribution is -2.35. The van der Waals surface area contributed by atoms with Gasteiger partial charge < -0.3 is 9.47 Å². The molecule has 1 aromatic carbocycles. The second kappa shape index (κ2) is 7.98. The highest BCUT2D eigenvalue weighted by atomic mass is 19.1. The number of aromatic nitrogens is 4. The first-order chi connectivity index (χ1) is 15.1. The molecule has 1 N–H and O–H groups in total. The van der Waals surface area contributed by atoms with E-state index in [1.165, 1.54) is 12.1 Å². The van der Waals surface area contributed by atoms with Gasteiger partial charge in [0.1, 0.15) is 5.82 Å². The molecule has 1 saturated heterocycles. The third kappa shape index (κ3) is 3.95. The molecule has 1 fully saturated rings. The average Bonchev–Trinajstić information content (AvgIpc) is 3.49. The van der Waals surface area contributed by atoms with Gasteiger partial charge in [-0.3, -0.25) is 9.89 Å². The summed E-state index contributed by atoms with van der Waals surface area (Å²) in [5.74, 6) is 0.127. The van der Waals surface area contributed by atoms with E-state index in [9.17, 15) is 9.18 Å². The quantitative estimate of drug-likeness (QED) is 0.533. The number of hydrogen-bond donors (Lipinski definition) is 1. The minimum absolute atomic E-state index is 0.0596. The first kappa shape index (κ1) is 19.5. The maximum Gasteiger partial charge on any atom is 0.227 e. The third-order valence-electron chi connectivity index (χ3n) is 6.10. The van der Waals surface area contributed by atoms with Gasteiger partial charge in [0.15, 0.2) is 0 Å². The van der Waals surface area contributed by atoms with E-state index in [0.29, 0.717) is 5.92 Å². The van der Waals surface area contributed by atoms with Gasteiger partial charge in [-0.25, -0.2) is 9.37 Å². The molecule has 1 amide bonds. The molecule has 4 heterocycles. The predicted octanol–water partition coefficient (Wildman–Crippen LogP) is 4.05. The van der Waals surface area contributed by atoms with E-state index in [2.05, 4.69) is 34.0 Å². The largest absolute Gasteiger partial charge is 0.346 e. The van der Waals surface area contributed by atoms with Gasteiger partial charge in [-0.05, 0) is 55.2 Å². The lowest BCUT2D eigenvalue weighted by Gasteiger charge is -2.21. The zero-order valence-electron chi connectivity index (χ0n) is 17.3. The van der Waals surface area contributed by atoms with Gasteiger partial charge in [0.2, 0.25) is 5.91 Å². The summed E-state index contributed by atoms with van der Waals surface area (Å²) in [4.78, 5) is 19.5. The molecule has 5 rings (SSSR count). The Balaban J connectivity index is 1.27. The van der Waals surface area contributed by atoms with Crippen LogP contribution in [0.1, 0.15) is 18.9 Å². The lowest BCUT2D eigenvalue weighted by molar-refractivity contribution is -0.131. The molecule has 7 heteroatoms. The normalized spacial score (nSPS) is 18.7. The molecule has 0 radical (unpaired) electrons. The molecule has 6 nitrogen and oxygen atoms in total. The van der Waals surface area contributed by atoms with Crippen molar-refractivity contribution in [2.24, 2.45) is 5.92 Å². The number of H-pyrrole nitrogens is 1. The molecule has 4 aromatic rings. The molecule has 3 aromatic heterocycles. The molecule has 158 valence electrons. The summed E-state index contributed by atoms with van der Waals surface area (Å²) in [5, 5.41) is 6.81. The number of halogens is 1. The van der Waals surface area contributed by atoms with E-state index in [-0.39, 0.29) is 24.2 Å². The maximum atomic E-state index is 13.4. The van der Waals surface area contributed by atoms with Gasteiger partial charge in [-0.2, -0.15) is 5.10 Å². The average molecular weight is 417 g/mol. The first-order valence-corrected chi connectivity index (χ1v) is 10.6. The SMILES string of the molecule is C[C@H]1CC(Cn2ccc3nc(-c4cn[nH]c4)ccc32)CN1C(=O)Cc1cccc(F)c1. The number of nitrogens with one attached hydrogen (secondary N) is 1. The predicted molar refractivity (Wildman–Crippen MR) is 117 cm³/mol. The van der Waals surface area contributed by atoms with Crippen molar-refractivity contribution in [2.75, 3.05) is 6.54 Å². The summed E-state index contributed by atoms with van der Waals surface area (Å²) in [6, 6.07) is 12.6. The number of carbonyl (C=O) groups excluding carboxylic acids is 1. The number of fused-ring (bicyclic) bond motifs is 1. The molecule has 0 saturated carbocycles. The van der Waals surface area contributed by atoms with Crippen molar-refractivity contribution in [3.63, 3.8) is 0 Å². The molecule has 2 atom stereocenters. The first-order valence-electron chi connectivity index (χ1n) is 10.6. The zero-order valence-corrected chi connectivity index (χ0v) is 17.3. The van der Waals surface area contributed by atoms with E-state index in [1.807, 2.05) is 23.2 Å². The third-order valence-corrected chi connectivity index (χ3v) is 6.10. The van der Waals surface area contributed by atoms with Gasteiger partial charge in [0.05, 0.1) is 29.3 Å². The van der Waals surface area contributed by atoms with E-state index in [0.717, 1.165) is 47.4 Å². The Morgan fingerprint density at radius 2 is 2.16 bits per heavy atom. The van der Waals surface area contributed by atoms with Gasteiger partial charge in [0.25, 0.3) is 0 Å². The molecular formula is C24H24FN5O. The minimum Gasteiger partial charge on any atom is -0.346 e. The van der Waals surface area contributed by atoms with Crippen LogP contribution in [0.25, 0.3) is 22.3 Å². The highest BCUT2D eigenvalue weighted by Crippen LogP contribution is 2.28. The summed E-state index contributed by atoms with van der Waals surface area (Å²) in [7, 11) is 0. The number of likely N-dealkylation sites (tertiary alicyclic amines) is 1. The molecule has 0 spiro atoms. The van der Waals surface area contributed by atoms with Gasteiger partial charge in [-0.15, -0.1) is 0 Å². The van der Waals surface area contributed by atoms with Crippen LogP contribution in [0.5, 0.6) is 0 Å². The maximum absolute atomic E-state index is 13.4. The second-order valence-electron chi connectivity index (χ2n) is 8.36. The molecular weight excluding hydrogens is 393 g/mol. The Hall–Kier alpha value is -3.48. The Bertz CT molecular complexity index is 1220. The van der Waals surface area contributed by atoms with E-state index in [4.69, 9.17) is 4.98 Å². The molecule has 1 unspecified atom stereocenters.